The van der Waals surface area contributed by atoms with Crippen molar-refractivity contribution < 1.29 is 43.2 Å². The number of ether oxygens (including phenoxy) is 4. The van der Waals surface area contributed by atoms with Crippen LogP contribution in [0.2, 0.25) is 0 Å². The fraction of sp³-hybridized carbons (Fsp3) is 0.818. The second-order valence-electron chi connectivity index (χ2n) is 7.81. The molecule has 0 bridgehead atoms. The summed E-state index contributed by atoms with van der Waals surface area (Å²) in [6, 6.07) is 0. The van der Waals surface area contributed by atoms with Crippen LogP contribution in [-0.4, -0.2) is 60.0 Å². The summed E-state index contributed by atoms with van der Waals surface area (Å²) < 4.78 is 21.9. The Bertz CT molecular complexity index is 604. The normalized spacial score (nSPS) is 22.8. The topological polar surface area (TPSA) is 125 Å². The lowest BCUT2D eigenvalue weighted by atomic mass is 9.88. The van der Waals surface area contributed by atoms with E-state index in [-0.39, 0.29) is 25.4 Å². The average molecular weight is 445 g/mol. The van der Waals surface area contributed by atoms with Crippen molar-refractivity contribution in [3.63, 3.8) is 0 Å². The Balaban J connectivity index is 2.90. The fourth-order valence-corrected chi connectivity index (χ4v) is 3.50. The maximum Gasteiger partial charge on any atom is 0.313 e. The van der Waals surface area contributed by atoms with Crippen molar-refractivity contribution in [1.82, 2.24) is 0 Å². The molecule has 0 saturated carbocycles. The van der Waals surface area contributed by atoms with Crippen LogP contribution < -0.4 is 0 Å². The predicted molar refractivity (Wildman–Crippen MR) is 110 cm³/mol. The number of carboxylic acids is 1. The lowest BCUT2D eigenvalue weighted by molar-refractivity contribution is -0.195. The van der Waals surface area contributed by atoms with E-state index in [2.05, 4.69) is 0 Å². The van der Waals surface area contributed by atoms with E-state index in [1.165, 1.54) is 0 Å². The van der Waals surface area contributed by atoms with Crippen LogP contribution in [0.4, 0.5) is 0 Å². The first kappa shape index (κ1) is 26.9. The van der Waals surface area contributed by atoms with Crippen LogP contribution in [-0.2, 0) is 38.1 Å². The molecule has 0 spiro atoms. The minimum absolute atomic E-state index is 0.128. The van der Waals surface area contributed by atoms with Crippen molar-refractivity contribution in [2.45, 2.75) is 103 Å². The zero-order valence-corrected chi connectivity index (χ0v) is 19.0. The van der Waals surface area contributed by atoms with Crippen molar-refractivity contribution in [1.29, 1.82) is 0 Å². The number of carboxylic acid groups (broad SMARTS) is 1. The van der Waals surface area contributed by atoms with E-state index in [9.17, 15) is 24.3 Å². The molecule has 1 aliphatic rings. The molecule has 9 heteroatoms. The molecular weight excluding hydrogens is 408 g/mol. The van der Waals surface area contributed by atoms with Crippen LogP contribution >= 0.6 is 0 Å². The Morgan fingerprint density at radius 1 is 0.935 bits per heavy atom. The Morgan fingerprint density at radius 2 is 1.52 bits per heavy atom. The summed E-state index contributed by atoms with van der Waals surface area (Å²) in [6.07, 6.45) is 0.222. The predicted octanol–water partition coefficient (Wildman–Crippen LogP) is 3.02. The van der Waals surface area contributed by atoms with E-state index in [1.807, 2.05) is 13.8 Å². The molecule has 1 heterocycles. The quantitative estimate of drug-likeness (QED) is 0.337. The van der Waals surface area contributed by atoms with E-state index >= 15 is 0 Å². The Kier molecular flexibility index (Phi) is 12.1. The van der Waals surface area contributed by atoms with Gasteiger partial charge in [0.1, 0.15) is 18.6 Å². The molecule has 0 amide bonds. The number of hydrogen-bond donors (Lipinski definition) is 1. The number of rotatable bonds is 13. The van der Waals surface area contributed by atoms with E-state index < -0.39 is 48.2 Å². The van der Waals surface area contributed by atoms with Gasteiger partial charge in [-0.1, -0.05) is 20.8 Å². The van der Waals surface area contributed by atoms with Crippen LogP contribution in [0.1, 0.15) is 79.1 Å². The summed E-state index contributed by atoms with van der Waals surface area (Å²) in [7, 11) is 0. The molecule has 1 rings (SSSR count). The molecule has 5 atom stereocenters. The Hall–Kier alpha value is -2.16. The summed E-state index contributed by atoms with van der Waals surface area (Å²) in [5, 5.41) is 9.88. The Labute approximate surface area is 183 Å². The van der Waals surface area contributed by atoms with Gasteiger partial charge < -0.3 is 24.1 Å². The minimum atomic E-state index is -1.22. The van der Waals surface area contributed by atoms with Crippen LogP contribution in [0.15, 0.2) is 0 Å². The number of carbonyl (C=O) groups excluding carboxylic acids is 3. The molecule has 31 heavy (non-hydrogen) atoms. The number of carbonyl (C=O) groups is 4. The van der Waals surface area contributed by atoms with E-state index in [0.717, 1.165) is 0 Å². The second-order valence-corrected chi connectivity index (χ2v) is 7.81. The number of hydrogen-bond acceptors (Lipinski definition) is 8. The van der Waals surface area contributed by atoms with Crippen LogP contribution in [0.3, 0.4) is 0 Å². The smallest absolute Gasteiger partial charge is 0.313 e. The summed E-state index contributed by atoms with van der Waals surface area (Å²) >= 11 is 0. The second kappa shape index (κ2) is 14.0. The van der Waals surface area contributed by atoms with Gasteiger partial charge in [-0.05, 0) is 39.0 Å². The van der Waals surface area contributed by atoms with Crippen molar-refractivity contribution in [3.05, 3.63) is 0 Å². The minimum Gasteiger partial charge on any atom is -0.481 e. The summed E-state index contributed by atoms with van der Waals surface area (Å²) in [5.41, 5.74) is 0. The SMILES string of the molecule is CCCC(=O)OC[C@@H](OC(=O)CCC)C(C(=O)O)C1CC[C@@H](OC(=O)CCC)[C@H](C)O1. The van der Waals surface area contributed by atoms with Crippen molar-refractivity contribution in [3.8, 4) is 0 Å². The third kappa shape index (κ3) is 9.25. The lowest BCUT2D eigenvalue weighted by Gasteiger charge is -2.38. The summed E-state index contributed by atoms with van der Waals surface area (Å²) in [4.78, 5) is 47.8. The molecule has 9 nitrogen and oxygen atoms in total. The number of aliphatic carboxylic acids is 1. The van der Waals surface area contributed by atoms with Gasteiger partial charge in [0.2, 0.25) is 0 Å². The third-order valence-electron chi connectivity index (χ3n) is 5.07. The highest BCUT2D eigenvalue weighted by molar-refractivity contribution is 5.74. The Morgan fingerprint density at radius 3 is 2.06 bits per heavy atom. The molecule has 0 radical (unpaired) electrons. The molecule has 1 fully saturated rings. The van der Waals surface area contributed by atoms with Gasteiger partial charge in [-0.2, -0.15) is 0 Å². The van der Waals surface area contributed by atoms with Gasteiger partial charge in [0, 0.05) is 19.3 Å². The highest BCUT2D eigenvalue weighted by Gasteiger charge is 2.43. The zero-order valence-electron chi connectivity index (χ0n) is 19.0. The molecule has 1 N–H and O–H groups in total. The largest absolute Gasteiger partial charge is 0.481 e. The molecule has 0 aliphatic carbocycles. The van der Waals surface area contributed by atoms with Gasteiger partial charge in [-0.25, -0.2) is 0 Å². The van der Waals surface area contributed by atoms with Crippen molar-refractivity contribution in [2.24, 2.45) is 5.92 Å². The molecule has 2 unspecified atom stereocenters. The van der Waals surface area contributed by atoms with Gasteiger partial charge >= 0.3 is 23.9 Å². The molecule has 1 saturated heterocycles. The maximum atomic E-state index is 12.1. The molecular formula is C22H36O9. The van der Waals surface area contributed by atoms with E-state index in [1.54, 1.807) is 13.8 Å². The highest BCUT2D eigenvalue weighted by atomic mass is 16.6. The zero-order chi connectivity index (χ0) is 23.4. The molecule has 0 aromatic heterocycles. The first-order valence-corrected chi connectivity index (χ1v) is 11.2. The van der Waals surface area contributed by atoms with Crippen LogP contribution in [0.25, 0.3) is 0 Å². The standard InChI is InChI=1S/C22H36O9/c1-5-8-18(23)28-13-17(31-20(25)10-7-3)21(22(26)27)16-12-11-15(14(4)29-16)30-19(24)9-6-2/h14-17,21H,5-13H2,1-4H3,(H,26,27)/t14-,15+,16?,17+,21?/m0/s1. The van der Waals surface area contributed by atoms with Gasteiger partial charge in [0.05, 0.1) is 12.2 Å². The van der Waals surface area contributed by atoms with Gasteiger partial charge in [0.25, 0.3) is 0 Å². The van der Waals surface area contributed by atoms with Crippen molar-refractivity contribution in [2.75, 3.05) is 6.61 Å². The monoisotopic (exact) mass is 444 g/mol. The fourth-order valence-electron chi connectivity index (χ4n) is 3.50. The van der Waals surface area contributed by atoms with Crippen LogP contribution in [0.5, 0.6) is 0 Å². The maximum absolute atomic E-state index is 12.1. The van der Waals surface area contributed by atoms with E-state index in [0.29, 0.717) is 38.5 Å². The first-order valence-electron chi connectivity index (χ1n) is 11.2. The molecule has 0 aromatic carbocycles. The third-order valence-corrected chi connectivity index (χ3v) is 5.07. The molecule has 178 valence electrons. The van der Waals surface area contributed by atoms with Gasteiger partial charge in [-0.15, -0.1) is 0 Å². The van der Waals surface area contributed by atoms with E-state index in [4.69, 9.17) is 18.9 Å². The van der Waals surface area contributed by atoms with Gasteiger partial charge in [0.15, 0.2) is 6.10 Å². The average Bonchev–Trinajstić information content (AvgIpc) is 2.68. The molecule has 1 aliphatic heterocycles. The lowest BCUT2D eigenvalue weighted by Crippen LogP contribution is -2.50. The number of esters is 3. The summed E-state index contributed by atoms with van der Waals surface area (Å²) in [6.45, 7) is 6.87. The molecule has 0 aromatic rings. The highest BCUT2D eigenvalue weighted by Crippen LogP contribution is 2.30. The summed E-state index contributed by atoms with van der Waals surface area (Å²) in [5.74, 6) is -3.78. The van der Waals surface area contributed by atoms with Gasteiger partial charge in [-0.3, -0.25) is 19.2 Å². The first-order chi connectivity index (χ1) is 14.7. The van der Waals surface area contributed by atoms with Crippen LogP contribution in [0, 0.1) is 5.92 Å². The van der Waals surface area contributed by atoms with Crippen molar-refractivity contribution >= 4 is 23.9 Å².